The van der Waals surface area contributed by atoms with Gasteiger partial charge in [0, 0.05) is 6.54 Å². The van der Waals surface area contributed by atoms with E-state index in [1.807, 2.05) is 0 Å². The molecule has 0 aromatic rings. The Morgan fingerprint density at radius 1 is 1.55 bits per heavy atom. The Kier molecular flexibility index (Phi) is 3.30. The van der Waals surface area contributed by atoms with Crippen molar-refractivity contribution in [3.05, 3.63) is 0 Å². The molecule has 1 saturated heterocycles. The SMILES string of the molecule is CCN1CCOCC1N(C)C. The number of morpholine rings is 1. The number of hydrogen-bond donors (Lipinski definition) is 0. The minimum absolute atomic E-state index is 0.480. The quantitative estimate of drug-likeness (QED) is 0.572. The van der Waals surface area contributed by atoms with E-state index in [4.69, 9.17) is 4.74 Å². The van der Waals surface area contributed by atoms with E-state index in [2.05, 4.69) is 30.8 Å². The summed E-state index contributed by atoms with van der Waals surface area (Å²) < 4.78 is 5.39. The van der Waals surface area contributed by atoms with Gasteiger partial charge < -0.3 is 4.74 Å². The molecule has 0 bridgehead atoms. The molecule has 0 saturated carbocycles. The van der Waals surface area contributed by atoms with Gasteiger partial charge in [-0.25, -0.2) is 0 Å². The number of rotatable bonds is 2. The molecule has 1 rings (SSSR count). The molecule has 0 spiro atoms. The highest BCUT2D eigenvalue weighted by molar-refractivity contribution is 4.71. The maximum atomic E-state index is 5.39. The number of nitrogens with zero attached hydrogens (tertiary/aromatic N) is 2. The van der Waals surface area contributed by atoms with Gasteiger partial charge in [0.1, 0.15) is 0 Å². The zero-order chi connectivity index (χ0) is 8.27. The van der Waals surface area contributed by atoms with Gasteiger partial charge in [0.2, 0.25) is 0 Å². The molecule has 1 atom stereocenters. The predicted molar refractivity (Wildman–Crippen MR) is 45.5 cm³/mol. The monoisotopic (exact) mass is 158 g/mol. The first kappa shape index (κ1) is 8.97. The van der Waals surface area contributed by atoms with E-state index in [9.17, 15) is 0 Å². The lowest BCUT2D eigenvalue weighted by Gasteiger charge is -2.38. The van der Waals surface area contributed by atoms with Crippen LogP contribution >= 0.6 is 0 Å². The molecule has 1 aliphatic heterocycles. The van der Waals surface area contributed by atoms with Gasteiger partial charge >= 0.3 is 0 Å². The Hall–Kier alpha value is -0.120. The lowest BCUT2D eigenvalue weighted by Crippen LogP contribution is -2.52. The zero-order valence-electron chi connectivity index (χ0n) is 7.71. The second-order valence-electron chi connectivity index (χ2n) is 3.15. The van der Waals surface area contributed by atoms with Crippen LogP contribution < -0.4 is 0 Å². The van der Waals surface area contributed by atoms with Gasteiger partial charge in [-0.2, -0.15) is 0 Å². The van der Waals surface area contributed by atoms with Crippen LogP contribution in [0.5, 0.6) is 0 Å². The Morgan fingerprint density at radius 2 is 2.27 bits per heavy atom. The molecule has 0 radical (unpaired) electrons. The molecular formula is C8H18N2O. The summed E-state index contributed by atoms with van der Waals surface area (Å²) >= 11 is 0. The molecule has 3 heteroatoms. The highest BCUT2D eigenvalue weighted by Gasteiger charge is 2.22. The van der Waals surface area contributed by atoms with E-state index in [0.29, 0.717) is 6.17 Å². The Labute approximate surface area is 68.9 Å². The van der Waals surface area contributed by atoms with Crippen LogP contribution in [0, 0.1) is 0 Å². The van der Waals surface area contributed by atoms with E-state index in [-0.39, 0.29) is 0 Å². The van der Waals surface area contributed by atoms with Crippen molar-refractivity contribution >= 4 is 0 Å². The lowest BCUT2D eigenvalue weighted by molar-refractivity contribution is -0.0578. The highest BCUT2D eigenvalue weighted by Crippen LogP contribution is 2.07. The highest BCUT2D eigenvalue weighted by atomic mass is 16.5. The number of ether oxygens (including phenoxy) is 1. The van der Waals surface area contributed by atoms with Crippen LogP contribution in [0.1, 0.15) is 6.92 Å². The molecule has 0 aliphatic carbocycles. The number of hydrogen-bond acceptors (Lipinski definition) is 3. The van der Waals surface area contributed by atoms with Crippen molar-refractivity contribution in [2.24, 2.45) is 0 Å². The Morgan fingerprint density at radius 3 is 2.73 bits per heavy atom. The van der Waals surface area contributed by atoms with Crippen molar-refractivity contribution in [2.75, 3.05) is 40.4 Å². The summed E-state index contributed by atoms with van der Waals surface area (Å²) in [5.41, 5.74) is 0. The Bertz CT molecular complexity index is 117. The summed E-state index contributed by atoms with van der Waals surface area (Å²) in [6.07, 6.45) is 0.480. The fraction of sp³-hybridized carbons (Fsp3) is 1.00. The summed E-state index contributed by atoms with van der Waals surface area (Å²) in [6.45, 7) is 6.12. The molecule has 66 valence electrons. The van der Waals surface area contributed by atoms with Crippen molar-refractivity contribution < 1.29 is 4.74 Å². The fourth-order valence-electron chi connectivity index (χ4n) is 1.47. The molecule has 1 unspecified atom stereocenters. The van der Waals surface area contributed by atoms with E-state index >= 15 is 0 Å². The topological polar surface area (TPSA) is 15.7 Å². The number of likely N-dealkylation sites (N-methyl/N-ethyl adjacent to an activating group) is 2. The molecule has 1 aliphatic rings. The molecule has 1 fully saturated rings. The van der Waals surface area contributed by atoms with Gasteiger partial charge in [-0.1, -0.05) is 6.92 Å². The van der Waals surface area contributed by atoms with Crippen LogP contribution in [0.4, 0.5) is 0 Å². The predicted octanol–water partition coefficient (Wildman–Crippen LogP) is 0.226. The fourth-order valence-corrected chi connectivity index (χ4v) is 1.47. The van der Waals surface area contributed by atoms with Crippen molar-refractivity contribution in [3.8, 4) is 0 Å². The van der Waals surface area contributed by atoms with Gasteiger partial charge in [0.25, 0.3) is 0 Å². The molecular weight excluding hydrogens is 140 g/mol. The third-order valence-corrected chi connectivity index (χ3v) is 2.21. The van der Waals surface area contributed by atoms with Crippen LogP contribution in [0.3, 0.4) is 0 Å². The summed E-state index contributed by atoms with van der Waals surface area (Å²) in [6, 6.07) is 0. The van der Waals surface area contributed by atoms with Gasteiger partial charge in [0.05, 0.1) is 19.4 Å². The lowest BCUT2D eigenvalue weighted by atomic mass is 10.3. The smallest absolute Gasteiger partial charge is 0.0859 e. The maximum Gasteiger partial charge on any atom is 0.0859 e. The van der Waals surface area contributed by atoms with Crippen LogP contribution in [0.15, 0.2) is 0 Å². The van der Waals surface area contributed by atoms with E-state index in [1.54, 1.807) is 0 Å². The van der Waals surface area contributed by atoms with E-state index in [1.165, 1.54) is 0 Å². The van der Waals surface area contributed by atoms with Crippen LogP contribution in [0.25, 0.3) is 0 Å². The van der Waals surface area contributed by atoms with Gasteiger partial charge in [0.15, 0.2) is 0 Å². The largest absolute Gasteiger partial charge is 0.377 e. The molecule has 3 nitrogen and oxygen atoms in total. The molecule has 0 amide bonds. The van der Waals surface area contributed by atoms with Gasteiger partial charge in [-0.3, -0.25) is 9.80 Å². The Balaban J connectivity index is 2.44. The van der Waals surface area contributed by atoms with Crippen LogP contribution in [-0.2, 0) is 4.74 Å². The first-order chi connectivity index (χ1) is 5.25. The molecule has 0 aromatic heterocycles. The second kappa shape index (κ2) is 4.04. The molecule has 1 heterocycles. The van der Waals surface area contributed by atoms with E-state index in [0.717, 1.165) is 26.3 Å². The molecule has 0 aromatic carbocycles. The second-order valence-corrected chi connectivity index (χ2v) is 3.15. The first-order valence-corrected chi connectivity index (χ1v) is 4.24. The minimum atomic E-state index is 0.480. The van der Waals surface area contributed by atoms with Crippen LogP contribution in [0.2, 0.25) is 0 Å². The molecule has 11 heavy (non-hydrogen) atoms. The average molecular weight is 158 g/mol. The summed E-state index contributed by atoms with van der Waals surface area (Å²) in [5, 5.41) is 0. The van der Waals surface area contributed by atoms with Gasteiger partial charge in [-0.15, -0.1) is 0 Å². The summed E-state index contributed by atoms with van der Waals surface area (Å²) in [5.74, 6) is 0. The van der Waals surface area contributed by atoms with Crippen molar-refractivity contribution in [3.63, 3.8) is 0 Å². The normalized spacial score (nSPS) is 27.8. The van der Waals surface area contributed by atoms with Crippen molar-refractivity contribution in [1.29, 1.82) is 0 Å². The standard InChI is InChI=1S/C8H18N2O/c1-4-10-5-6-11-7-8(10)9(2)3/h8H,4-7H2,1-3H3. The first-order valence-electron chi connectivity index (χ1n) is 4.24. The third kappa shape index (κ3) is 2.15. The van der Waals surface area contributed by atoms with E-state index < -0.39 is 0 Å². The maximum absolute atomic E-state index is 5.39. The molecule has 0 N–H and O–H groups in total. The van der Waals surface area contributed by atoms with Crippen molar-refractivity contribution in [2.45, 2.75) is 13.1 Å². The zero-order valence-corrected chi connectivity index (χ0v) is 7.71. The average Bonchev–Trinajstić information content (AvgIpc) is 2.04. The summed E-state index contributed by atoms with van der Waals surface area (Å²) in [4.78, 5) is 4.64. The van der Waals surface area contributed by atoms with Crippen LogP contribution in [-0.4, -0.2) is 56.4 Å². The summed E-state index contributed by atoms with van der Waals surface area (Å²) in [7, 11) is 4.20. The van der Waals surface area contributed by atoms with Crippen molar-refractivity contribution in [1.82, 2.24) is 9.80 Å². The third-order valence-electron chi connectivity index (χ3n) is 2.21. The minimum Gasteiger partial charge on any atom is -0.377 e. The van der Waals surface area contributed by atoms with Gasteiger partial charge in [-0.05, 0) is 20.6 Å².